The second-order valence-corrected chi connectivity index (χ2v) is 8.12. The van der Waals surface area contributed by atoms with Crippen LogP contribution in [0.3, 0.4) is 0 Å². The number of benzene rings is 2. The molecule has 2 aromatic carbocycles. The lowest BCUT2D eigenvalue weighted by atomic mass is 10.1. The molecule has 0 saturated carbocycles. The highest BCUT2D eigenvalue weighted by molar-refractivity contribution is 6.30. The topological polar surface area (TPSA) is 64.1 Å². The molecule has 2 aromatic rings. The van der Waals surface area contributed by atoms with E-state index in [0.29, 0.717) is 48.9 Å². The molecule has 30 heavy (non-hydrogen) atoms. The molecular formula is C22H23ClFN3O3. The van der Waals surface area contributed by atoms with Gasteiger partial charge in [-0.1, -0.05) is 11.6 Å². The third-order valence-corrected chi connectivity index (χ3v) is 6.05. The fourth-order valence-electron chi connectivity index (χ4n) is 4.10. The maximum atomic E-state index is 13.1. The SMILES string of the molecule is O=C(c1ccc(F)cc1)N1CCN(C2CN(C(=O)c3ccc(Cl)cc3)CC2O)CC1. The van der Waals surface area contributed by atoms with Crippen molar-refractivity contribution in [3.8, 4) is 0 Å². The van der Waals surface area contributed by atoms with Crippen molar-refractivity contribution < 1.29 is 19.1 Å². The molecule has 2 fully saturated rings. The molecule has 0 aliphatic carbocycles. The Labute approximate surface area is 179 Å². The molecule has 158 valence electrons. The van der Waals surface area contributed by atoms with Gasteiger partial charge in [-0.2, -0.15) is 0 Å². The molecule has 0 bridgehead atoms. The van der Waals surface area contributed by atoms with Gasteiger partial charge in [0.2, 0.25) is 0 Å². The van der Waals surface area contributed by atoms with Crippen molar-refractivity contribution >= 4 is 23.4 Å². The first kappa shape index (κ1) is 20.8. The van der Waals surface area contributed by atoms with Gasteiger partial charge in [-0.05, 0) is 48.5 Å². The third-order valence-electron chi connectivity index (χ3n) is 5.80. The van der Waals surface area contributed by atoms with E-state index in [0.717, 1.165) is 0 Å². The predicted octanol–water partition coefficient (Wildman–Crippen LogP) is 2.12. The first-order valence-electron chi connectivity index (χ1n) is 9.94. The number of halogens is 2. The maximum Gasteiger partial charge on any atom is 0.253 e. The Hall–Kier alpha value is -2.48. The molecule has 2 aliphatic rings. The molecule has 2 unspecified atom stereocenters. The Balaban J connectivity index is 1.34. The van der Waals surface area contributed by atoms with Crippen LogP contribution in [0.4, 0.5) is 4.39 Å². The van der Waals surface area contributed by atoms with Gasteiger partial charge in [0, 0.05) is 55.4 Å². The van der Waals surface area contributed by atoms with Gasteiger partial charge in [-0.3, -0.25) is 14.5 Å². The van der Waals surface area contributed by atoms with Crippen LogP contribution in [-0.2, 0) is 0 Å². The minimum atomic E-state index is -0.638. The summed E-state index contributed by atoms with van der Waals surface area (Å²) in [5.74, 6) is -0.621. The summed E-state index contributed by atoms with van der Waals surface area (Å²) in [4.78, 5) is 30.9. The molecule has 0 radical (unpaired) electrons. The number of aliphatic hydroxyl groups is 1. The number of rotatable bonds is 3. The molecule has 1 N–H and O–H groups in total. The van der Waals surface area contributed by atoms with Crippen molar-refractivity contribution in [1.82, 2.24) is 14.7 Å². The molecule has 8 heteroatoms. The Bertz CT molecular complexity index is 914. The van der Waals surface area contributed by atoms with Crippen molar-refractivity contribution in [3.05, 3.63) is 70.5 Å². The van der Waals surface area contributed by atoms with Crippen LogP contribution in [0.5, 0.6) is 0 Å². The molecule has 2 amide bonds. The minimum Gasteiger partial charge on any atom is -0.390 e. The number of hydrogen-bond donors (Lipinski definition) is 1. The molecule has 4 rings (SSSR count). The van der Waals surface area contributed by atoms with Crippen LogP contribution in [0.25, 0.3) is 0 Å². The van der Waals surface area contributed by atoms with Gasteiger partial charge in [-0.15, -0.1) is 0 Å². The Morgan fingerprint density at radius 3 is 1.97 bits per heavy atom. The van der Waals surface area contributed by atoms with Crippen molar-refractivity contribution in [3.63, 3.8) is 0 Å². The van der Waals surface area contributed by atoms with E-state index in [2.05, 4.69) is 4.90 Å². The fraction of sp³-hybridized carbons (Fsp3) is 0.364. The first-order chi connectivity index (χ1) is 14.4. The fourth-order valence-corrected chi connectivity index (χ4v) is 4.23. The lowest BCUT2D eigenvalue weighted by Gasteiger charge is -2.38. The summed E-state index contributed by atoms with van der Waals surface area (Å²) >= 11 is 5.89. The number of carbonyl (C=O) groups is 2. The van der Waals surface area contributed by atoms with Crippen LogP contribution in [0.15, 0.2) is 48.5 Å². The quantitative estimate of drug-likeness (QED) is 0.808. The number of likely N-dealkylation sites (tertiary alicyclic amines) is 1. The molecular weight excluding hydrogens is 409 g/mol. The molecule has 0 aromatic heterocycles. The van der Waals surface area contributed by atoms with E-state index in [-0.39, 0.29) is 30.2 Å². The summed E-state index contributed by atoms with van der Waals surface area (Å²) in [6.45, 7) is 2.97. The van der Waals surface area contributed by atoms with E-state index >= 15 is 0 Å². The van der Waals surface area contributed by atoms with Gasteiger partial charge in [0.15, 0.2) is 0 Å². The average molecular weight is 432 g/mol. The Morgan fingerprint density at radius 1 is 0.833 bits per heavy atom. The molecule has 2 aliphatic heterocycles. The number of hydrogen-bond acceptors (Lipinski definition) is 4. The van der Waals surface area contributed by atoms with E-state index in [1.54, 1.807) is 34.1 Å². The van der Waals surface area contributed by atoms with Crippen LogP contribution in [0.1, 0.15) is 20.7 Å². The van der Waals surface area contributed by atoms with Gasteiger partial charge >= 0.3 is 0 Å². The number of amides is 2. The second-order valence-electron chi connectivity index (χ2n) is 7.69. The maximum absolute atomic E-state index is 13.1. The largest absolute Gasteiger partial charge is 0.390 e. The first-order valence-corrected chi connectivity index (χ1v) is 10.3. The zero-order valence-corrected chi connectivity index (χ0v) is 17.1. The van der Waals surface area contributed by atoms with Gasteiger partial charge in [0.05, 0.1) is 12.1 Å². The highest BCUT2D eigenvalue weighted by Crippen LogP contribution is 2.21. The molecule has 2 saturated heterocycles. The summed E-state index contributed by atoms with van der Waals surface area (Å²) in [5, 5.41) is 11.1. The van der Waals surface area contributed by atoms with Gasteiger partial charge in [0.25, 0.3) is 11.8 Å². The lowest BCUT2D eigenvalue weighted by Crippen LogP contribution is -2.54. The highest BCUT2D eigenvalue weighted by atomic mass is 35.5. The van der Waals surface area contributed by atoms with Crippen LogP contribution in [0, 0.1) is 5.82 Å². The van der Waals surface area contributed by atoms with Gasteiger partial charge in [0.1, 0.15) is 5.82 Å². The summed E-state index contributed by atoms with van der Waals surface area (Å²) in [5.41, 5.74) is 1.01. The summed E-state index contributed by atoms with van der Waals surface area (Å²) in [6, 6.07) is 12.1. The second kappa shape index (κ2) is 8.71. The molecule has 6 nitrogen and oxygen atoms in total. The zero-order valence-electron chi connectivity index (χ0n) is 16.4. The van der Waals surface area contributed by atoms with E-state index in [1.807, 2.05) is 0 Å². The zero-order chi connectivity index (χ0) is 21.3. The van der Waals surface area contributed by atoms with Crippen molar-refractivity contribution in [1.29, 1.82) is 0 Å². The van der Waals surface area contributed by atoms with Crippen LogP contribution >= 0.6 is 11.6 Å². The van der Waals surface area contributed by atoms with Crippen molar-refractivity contribution in [2.24, 2.45) is 0 Å². The van der Waals surface area contributed by atoms with E-state index in [4.69, 9.17) is 11.6 Å². The monoisotopic (exact) mass is 431 g/mol. The number of β-amino-alcohol motifs (C(OH)–C–C–N with tert-alkyl or cyclic N) is 1. The van der Waals surface area contributed by atoms with Crippen molar-refractivity contribution in [2.75, 3.05) is 39.3 Å². The minimum absolute atomic E-state index is 0.124. The third kappa shape index (κ3) is 4.33. The summed E-state index contributed by atoms with van der Waals surface area (Å²) in [6.07, 6.45) is -0.638. The normalized spacial score (nSPS) is 22.4. The lowest BCUT2D eigenvalue weighted by molar-refractivity contribution is 0.0376. The molecule has 2 atom stereocenters. The number of nitrogens with zero attached hydrogens (tertiary/aromatic N) is 3. The Morgan fingerprint density at radius 2 is 1.37 bits per heavy atom. The predicted molar refractivity (Wildman–Crippen MR) is 111 cm³/mol. The number of piperazine rings is 1. The van der Waals surface area contributed by atoms with Gasteiger partial charge in [-0.25, -0.2) is 4.39 Å². The smallest absolute Gasteiger partial charge is 0.253 e. The van der Waals surface area contributed by atoms with E-state index in [9.17, 15) is 19.1 Å². The van der Waals surface area contributed by atoms with E-state index < -0.39 is 6.10 Å². The van der Waals surface area contributed by atoms with Crippen LogP contribution < -0.4 is 0 Å². The van der Waals surface area contributed by atoms with Crippen molar-refractivity contribution in [2.45, 2.75) is 12.1 Å². The molecule has 0 spiro atoms. The standard InChI is InChI=1S/C22H23ClFN3O3/c23-17-5-1-15(2-6-17)22(30)27-13-19(20(28)14-27)25-9-11-26(12-10-25)21(29)16-3-7-18(24)8-4-16/h1-8,19-20,28H,9-14H2. The number of aliphatic hydroxyl groups excluding tert-OH is 1. The van der Waals surface area contributed by atoms with E-state index in [1.165, 1.54) is 24.3 Å². The van der Waals surface area contributed by atoms with Gasteiger partial charge < -0.3 is 14.9 Å². The van der Waals surface area contributed by atoms with Crippen LogP contribution in [0.2, 0.25) is 5.02 Å². The summed E-state index contributed by atoms with van der Waals surface area (Å²) in [7, 11) is 0. The average Bonchev–Trinajstić information content (AvgIpc) is 3.15. The molecule has 2 heterocycles. The summed E-state index contributed by atoms with van der Waals surface area (Å²) < 4.78 is 13.1. The highest BCUT2D eigenvalue weighted by Gasteiger charge is 2.39. The Kier molecular flexibility index (Phi) is 6.04. The van der Waals surface area contributed by atoms with Crippen LogP contribution in [-0.4, -0.2) is 83.0 Å². The number of carbonyl (C=O) groups excluding carboxylic acids is 2.